The monoisotopic (exact) mass is 572 g/mol. The second kappa shape index (κ2) is 8.31. The van der Waals surface area contributed by atoms with Gasteiger partial charge in [0.2, 0.25) is 0 Å². The highest BCUT2D eigenvalue weighted by atomic mass is 127. The van der Waals surface area contributed by atoms with Gasteiger partial charge in [0.15, 0.2) is 5.13 Å². The molecular formula is C24H14ClIN2O3S. The van der Waals surface area contributed by atoms with E-state index in [1.807, 2.05) is 30.3 Å². The van der Waals surface area contributed by atoms with Crippen LogP contribution in [0.25, 0.3) is 16.0 Å². The molecule has 1 fully saturated rings. The zero-order valence-electron chi connectivity index (χ0n) is 16.3. The number of benzene rings is 3. The lowest BCUT2D eigenvalue weighted by atomic mass is 9.95. The summed E-state index contributed by atoms with van der Waals surface area (Å²) < 4.78 is 1.82. The van der Waals surface area contributed by atoms with Crippen molar-refractivity contribution in [2.24, 2.45) is 0 Å². The predicted molar refractivity (Wildman–Crippen MR) is 135 cm³/mol. The summed E-state index contributed by atoms with van der Waals surface area (Å²) in [5.74, 6) is -1.68. The maximum absolute atomic E-state index is 13.2. The van der Waals surface area contributed by atoms with E-state index in [1.165, 1.54) is 16.2 Å². The lowest BCUT2D eigenvalue weighted by Gasteiger charge is -2.23. The Morgan fingerprint density at radius 3 is 2.47 bits per heavy atom. The summed E-state index contributed by atoms with van der Waals surface area (Å²) in [6.45, 7) is 0. The van der Waals surface area contributed by atoms with Gasteiger partial charge in [0.05, 0.1) is 21.8 Å². The van der Waals surface area contributed by atoms with Crippen LogP contribution in [0.3, 0.4) is 0 Å². The highest BCUT2D eigenvalue weighted by molar-refractivity contribution is 14.1. The number of carbonyl (C=O) groups is 2. The largest absolute Gasteiger partial charge is 0.507 e. The third-order valence-corrected chi connectivity index (χ3v) is 7.19. The molecule has 1 aromatic heterocycles. The lowest BCUT2D eigenvalue weighted by molar-refractivity contribution is -0.132. The van der Waals surface area contributed by atoms with Gasteiger partial charge < -0.3 is 5.11 Å². The zero-order chi connectivity index (χ0) is 22.4. The minimum atomic E-state index is -0.803. The summed E-state index contributed by atoms with van der Waals surface area (Å²) in [4.78, 5) is 32.3. The smallest absolute Gasteiger partial charge is 0.301 e. The molecule has 5 nitrogen and oxygen atoms in total. The Bertz CT molecular complexity index is 1400. The van der Waals surface area contributed by atoms with Gasteiger partial charge in [-0.25, -0.2) is 4.98 Å². The maximum Gasteiger partial charge on any atom is 0.301 e. The molecule has 158 valence electrons. The molecule has 2 heterocycles. The van der Waals surface area contributed by atoms with E-state index in [4.69, 9.17) is 11.6 Å². The van der Waals surface area contributed by atoms with Crippen molar-refractivity contribution >= 4 is 78.3 Å². The third kappa shape index (κ3) is 3.60. The molecule has 3 aromatic carbocycles. The molecule has 0 saturated carbocycles. The minimum Gasteiger partial charge on any atom is -0.507 e. The van der Waals surface area contributed by atoms with Crippen molar-refractivity contribution in [1.82, 2.24) is 4.98 Å². The van der Waals surface area contributed by atoms with Gasteiger partial charge in [0.1, 0.15) is 5.76 Å². The number of amides is 1. The van der Waals surface area contributed by atoms with Crippen LogP contribution in [-0.4, -0.2) is 21.8 Å². The summed E-state index contributed by atoms with van der Waals surface area (Å²) in [6.07, 6.45) is 0. The van der Waals surface area contributed by atoms with Crippen molar-refractivity contribution in [2.45, 2.75) is 6.04 Å². The first-order valence-corrected chi connectivity index (χ1v) is 11.9. The van der Waals surface area contributed by atoms with Crippen molar-refractivity contribution in [2.75, 3.05) is 4.90 Å². The number of nitrogens with zero attached hydrogens (tertiary/aromatic N) is 2. The Balaban J connectivity index is 1.73. The van der Waals surface area contributed by atoms with Gasteiger partial charge in [-0.3, -0.25) is 14.5 Å². The van der Waals surface area contributed by atoms with E-state index in [0.717, 1.165) is 8.27 Å². The molecule has 8 heteroatoms. The van der Waals surface area contributed by atoms with E-state index in [9.17, 15) is 14.7 Å². The van der Waals surface area contributed by atoms with Crippen molar-refractivity contribution < 1.29 is 14.7 Å². The normalized spacial score (nSPS) is 17.9. The molecule has 1 unspecified atom stereocenters. The molecule has 32 heavy (non-hydrogen) atoms. The molecule has 1 amide bonds. The van der Waals surface area contributed by atoms with Crippen LogP contribution in [-0.2, 0) is 9.59 Å². The van der Waals surface area contributed by atoms with Crippen molar-refractivity contribution in [3.05, 3.63) is 98.1 Å². The molecule has 1 aliphatic heterocycles. The zero-order valence-corrected chi connectivity index (χ0v) is 20.1. The quantitative estimate of drug-likeness (QED) is 0.138. The molecular weight excluding hydrogens is 559 g/mol. The van der Waals surface area contributed by atoms with Crippen LogP contribution in [0.2, 0.25) is 5.02 Å². The number of carbonyl (C=O) groups excluding carboxylic acids is 2. The molecule has 5 rings (SSSR count). The number of aromatic nitrogens is 1. The summed E-state index contributed by atoms with van der Waals surface area (Å²) in [7, 11) is 0. The highest BCUT2D eigenvalue weighted by Crippen LogP contribution is 2.44. The van der Waals surface area contributed by atoms with E-state index >= 15 is 0 Å². The molecule has 1 saturated heterocycles. The van der Waals surface area contributed by atoms with Crippen LogP contribution in [0.1, 0.15) is 17.2 Å². The predicted octanol–water partition coefficient (Wildman–Crippen LogP) is 6.18. The lowest BCUT2D eigenvalue weighted by Crippen LogP contribution is -2.29. The molecule has 0 radical (unpaired) electrons. The molecule has 0 spiro atoms. The van der Waals surface area contributed by atoms with E-state index in [0.29, 0.717) is 26.8 Å². The first-order chi connectivity index (χ1) is 15.4. The Labute approximate surface area is 206 Å². The van der Waals surface area contributed by atoms with Gasteiger partial charge in [-0.15, -0.1) is 0 Å². The Hall–Kier alpha value is -2.75. The minimum absolute atomic E-state index is 0.0414. The molecule has 1 N–H and O–H groups in total. The van der Waals surface area contributed by atoms with Crippen molar-refractivity contribution in [3.8, 4) is 0 Å². The van der Waals surface area contributed by atoms with Gasteiger partial charge in [0, 0.05) is 14.2 Å². The second-order valence-corrected chi connectivity index (χ2v) is 9.89. The Morgan fingerprint density at radius 2 is 1.75 bits per heavy atom. The van der Waals surface area contributed by atoms with Crippen LogP contribution in [0, 0.1) is 3.57 Å². The van der Waals surface area contributed by atoms with Gasteiger partial charge in [0.25, 0.3) is 5.78 Å². The number of ketones is 1. The fourth-order valence-electron chi connectivity index (χ4n) is 3.73. The highest BCUT2D eigenvalue weighted by Gasteiger charge is 2.48. The fraction of sp³-hybridized carbons (Fsp3) is 0.0417. The number of Topliss-reactive ketones (excluding diaryl/α,β-unsaturated/α-hetero) is 1. The van der Waals surface area contributed by atoms with E-state index < -0.39 is 17.7 Å². The average Bonchev–Trinajstić information content (AvgIpc) is 3.32. The number of aliphatic hydroxyl groups is 1. The second-order valence-electron chi connectivity index (χ2n) is 7.20. The van der Waals surface area contributed by atoms with E-state index in [-0.39, 0.29) is 11.3 Å². The number of thiazole rings is 1. The number of aliphatic hydroxyl groups excluding tert-OH is 1. The molecule has 1 atom stereocenters. The van der Waals surface area contributed by atoms with Crippen LogP contribution < -0.4 is 4.90 Å². The van der Waals surface area contributed by atoms with Gasteiger partial charge in [-0.2, -0.15) is 0 Å². The summed E-state index contributed by atoms with van der Waals surface area (Å²) in [5, 5.41) is 12.0. The topological polar surface area (TPSA) is 70.5 Å². The van der Waals surface area contributed by atoms with Crippen molar-refractivity contribution in [1.29, 1.82) is 0 Å². The van der Waals surface area contributed by atoms with E-state index in [1.54, 1.807) is 42.5 Å². The number of hydrogen-bond acceptors (Lipinski definition) is 5. The molecule has 4 aromatic rings. The van der Waals surface area contributed by atoms with Gasteiger partial charge >= 0.3 is 5.91 Å². The number of fused-ring (bicyclic) bond motifs is 1. The fourth-order valence-corrected chi connectivity index (χ4v) is 5.36. The Kier molecular flexibility index (Phi) is 5.48. The summed E-state index contributed by atoms with van der Waals surface area (Å²) in [6, 6.07) is 20.7. The molecule has 1 aliphatic rings. The summed E-state index contributed by atoms with van der Waals surface area (Å²) >= 11 is 9.58. The van der Waals surface area contributed by atoms with Crippen LogP contribution >= 0.6 is 45.5 Å². The van der Waals surface area contributed by atoms with Crippen molar-refractivity contribution in [3.63, 3.8) is 0 Å². The standard InChI is InChI=1S/C24H14ClIN2O3S/c25-15-8-11-17-18(12-15)32-24(27-17)28-20(13-6-9-16(26)10-7-13)19(22(30)23(28)31)21(29)14-4-2-1-3-5-14/h1-12,20,29H/b21-19+. The number of halogens is 2. The maximum atomic E-state index is 13.2. The van der Waals surface area contributed by atoms with Gasteiger partial charge in [-0.05, 0) is 58.5 Å². The van der Waals surface area contributed by atoms with Gasteiger partial charge in [-0.1, -0.05) is 65.4 Å². The van der Waals surface area contributed by atoms with Crippen LogP contribution in [0.15, 0.2) is 78.4 Å². The Morgan fingerprint density at radius 1 is 1.03 bits per heavy atom. The van der Waals surface area contributed by atoms with Crippen LogP contribution in [0.4, 0.5) is 5.13 Å². The van der Waals surface area contributed by atoms with Crippen LogP contribution in [0.5, 0.6) is 0 Å². The first kappa shape index (κ1) is 21.1. The molecule has 0 aliphatic carbocycles. The summed E-state index contributed by atoms with van der Waals surface area (Å²) in [5.41, 5.74) is 1.90. The number of anilines is 1. The molecule has 0 bridgehead atoms. The third-order valence-electron chi connectivity index (χ3n) is 5.22. The number of hydrogen-bond donors (Lipinski definition) is 1. The average molecular weight is 573 g/mol. The first-order valence-electron chi connectivity index (χ1n) is 9.62. The number of rotatable bonds is 3. The SMILES string of the molecule is O=C1C(=O)N(c2nc3ccc(Cl)cc3s2)C(c2ccc(I)cc2)/C1=C(\O)c1ccccc1. The van der Waals surface area contributed by atoms with E-state index in [2.05, 4.69) is 27.6 Å².